The third kappa shape index (κ3) is 6.52. The lowest BCUT2D eigenvalue weighted by atomic mass is 9.89. The molecule has 0 amide bonds. The van der Waals surface area contributed by atoms with Gasteiger partial charge in [0.1, 0.15) is 0 Å². The van der Waals surface area contributed by atoms with Crippen LogP contribution in [0.25, 0.3) is 111 Å². The lowest BCUT2D eigenvalue weighted by molar-refractivity contribution is 1.04. The van der Waals surface area contributed by atoms with Gasteiger partial charge in [0.25, 0.3) is 0 Å². The van der Waals surface area contributed by atoms with Crippen LogP contribution in [0.1, 0.15) is 18.5 Å². The lowest BCUT2D eigenvalue weighted by Crippen LogP contribution is -1.97. The zero-order valence-electron chi connectivity index (χ0n) is 34.5. The number of allylic oxidation sites excluding steroid dienone is 4. The highest BCUT2D eigenvalue weighted by Gasteiger charge is 2.18. The molecule has 4 heteroatoms. The van der Waals surface area contributed by atoms with Crippen LogP contribution >= 0.6 is 0 Å². The molecule has 4 nitrogen and oxygen atoms in total. The fourth-order valence-corrected chi connectivity index (χ4v) is 9.43. The minimum Gasteiger partial charge on any atom is -0.309 e. The Bertz CT molecular complexity index is 3530. The summed E-state index contributed by atoms with van der Waals surface area (Å²) in [7, 11) is 0. The van der Waals surface area contributed by atoms with Crippen molar-refractivity contribution < 1.29 is 0 Å². The van der Waals surface area contributed by atoms with Gasteiger partial charge in [0.05, 0.1) is 33.6 Å². The van der Waals surface area contributed by atoms with E-state index in [9.17, 15) is 0 Å². The Hall–Kier alpha value is -8.21. The quantitative estimate of drug-likeness (QED) is 0.151. The number of aromatic nitrogens is 4. The highest BCUT2D eigenvalue weighted by atomic mass is 15.0. The van der Waals surface area contributed by atoms with Crippen LogP contribution in [-0.4, -0.2) is 19.5 Å². The van der Waals surface area contributed by atoms with E-state index in [0.717, 1.165) is 68.9 Å². The van der Waals surface area contributed by atoms with Crippen molar-refractivity contribution >= 4 is 49.1 Å². The van der Waals surface area contributed by atoms with Crippen LogP contribution in [0, 0.1) is 0 Å². The zero-order valence-corrected chi connectivity index (χ0v) is 34.5. The van der Waals surface area contributed by atoms with E-state index in [1.165, 1.54) is 54.7 Å². The van der Waals surface area contributed by atoms with Crippen molar-refractivity contribution in [1.82, 2.24) is 19.5 Å². The minimum absolute atomic E-state index is 0.682. The molecule has 0 radical (unpaired) electrons. The first-order valence-electron chi connectivity index (χ1n) is 21.7. The number of hydrogen-bond donors (Lipinski definition) is 0. The van der Waals surface area contributed by atoms with E-state index in [4.69, 9.17) is 15.0 Å². The topological polar surface area (TPSA) is 43.6 Å². The summed E-state index contributed by atoms with van der Waals surface area (Å²) in [6, 6.07) is 71.3. The maximum absolute atomic E-state index is 5.39. The maximum Gasteiger partial charge on any atom is 0.160 e. The van der Waals surface area contributed by atoms with Crippen LogP contribution in [-0.2, 0) is 0 Å². The largest absolute Gasteiger partial charge is 0.309 e. The van der Waals surface area contributed by atoms with Gasteiger partial charge in [-0.25, -0.2) is 15.0 Å². The van der Waals surface area contributed by atoms with Gasteiger partial charge in [0, 0.05) is 38.5 Å². The number of hydrogen-bond acceptors (Lipinski definition) is 3. The SMILES string of the molecule is C1=CCCC(c2cc(-c3ccccc3)c3c(cc(-c4ccc(-c5nc(-c6ccccc6)cc(-c6ccc(-n7c8ccccc8c8ccccc87)cc6)n5)cc4)c4ccccc43)n2)=C1. The second kappa shape index (κ2) is 15.4. The molecule has 0 unspecified atom stereocenters. The molecule has 1 aliphatic carbocycles. The summed E-state index contributed by atoms with van der Waals surface area (Å²) in [6.45, 7) is 0. The van der Waals surface area contributed by atoms with Crippen molar-refractivity contribution in [1.29, 1.82) is 0 Å². The monoisotopic (exact) mass is 804 g/mol. The number of pyridine rings is 1. The summed E-state index contributed by atoms with van der Waals surface area (Å²) in [4.78, 5) is 15.8. The standard InChI is InChI=1S/C59H40N4/c1-4-16-39(17-5-1)51-37-52(41-18-6-2-7-19-41)60-55-36-50(46-22-10-11-25-49(46)58(51)55)40-28-30-44(31-29-40)59-61-53(42-20-8-3-9-21-42)38-54(62-59)43-32-34-45(35-33-43)63-56-26-14-12-23-47(56)48-24-13-15-27-57(48)63/h1-6,8-18,20-38H,7,19H2. The Morgan fingerprint density at radius 2 is 0.937 bits per heavy atom. The summed E-state index contributed by atoms with van der Waals surface area (Å²) in [6.07, 6.45) is 8.61. The Balaban J connectivity index is 0.961. The molecule has 3 aromatic heterocycles. The second-order valence-corrected chi connectivity index (χ2v) is 16.3. The van der Waals surface area contributed by atoms with Gasteiger partial charge in [-0.05, 0) is 93.9 Å². The van der Waals surface area contributed by atoms with Gasteiger partial charge in [0.15, 0.2) is 5.82 Å². The molecule has 8 aromatic carbocycles. The summed E-state index contributed by atoms with van der Waals surface area (Å²) < 4.78 is 2.35. The number of benzene rings is 8. The van der Waals surface area contributed by atoms with E-state index in [1.54, 1.807) is 0 Å². The van der Waals surface area contributed by atoms with Gasteiger partial charge in [-0.1, -0.05) is 176 Å². The summed E-state index contributed by atoms with van der Waals surface area (Å²) in [5.74, 6) is 0.682. The molecule has 0 fully saturated rings. The minimum atomic E-state index is 0.682. The molecule has 0 N–H and O–H groups in total. The number of para-hydroxylation sites is 2. The van der Waals surface area contributed by atoms with Crippen LogP contribution in [0.5, 0.6) is 0 Å². The highest BCUT2D eigenvalue weighted by molar-refractivity contribution is 6.18. The first kappa shape index (κ1) is 36.6. The van der Waals surface area contributed by atoms with Crippen molar-refractivity contribution in [3.8, 4) is 61.8 Å². The van der Waals surface area contributed by atoms with E-state index < -0.39 is 0 Å². The predicted molar refractivity (Wildman–Crippen MR) is 263 cm³/mol. The van der Waals surface area contributed by atoms with Crippen LogP contribution in [0.15, 0.2) is 218 Å². The van der Waals surface area contributed by atoms with Gasteiger partial charge in [-0.2, -0.15) is 0 Å². The van der Waals surface area contributed by atoms with Gasteiger partial charge < -0.3 is 4.57 Å². The normalized spacial score (nSPS) is 12.7. The van der Waals surface area contributed by atoms with Gasteiger partial charge >= 0.3 is 0 Å². The zero-order chi connectivity index (χ0) is 41.7. The first-order chi connectivity index (χ1) is 31.2. The smallest absolute Gasteiger partial charge is 0.160 e. The van der Waals surface area contributed by atoms with Crippen LogP contribution < -0.4 is 0 Å². The van der Waals surface area contributed by atoms with Gasteiger partial charge in [-0.15, -0.1) is 0 Å². The molecule has 12 rings (SSSR count). The highest BCUT2D eigenvalue weighted by Crippen LogP contribution is 2.41. The van der Waals surface area contributed by atoms with Crippen molar-refractivity contribution in [3.63, 3.8) is 0 Å². The fraction of sp³-hybridized carbons (Fsp3) is 0.0339. The molecule has 296 valence electrons. The van der Waals surface area contributed by atoms with Crippen molar-refractivity contribution in [3.05, 3.63) is 224 Å². The molecule has 0 spiro atoms. The molecule has 0 saturated carbocycles. The third-order valence-corrected chi connectivity index (χ3v) is 12.5. The van der Waals surface area contributed by atoms with Gasteiger partial charge in [0.2, 0.25) is 0 Å². The van der Waals surface area contributed by atoms with E-state index in [2.05, 4.69) is 217 Å². The van der Waals surface area contributed by atoms with Crippen molar-refractivity contribution in [2.24, 2.45) is 0 Å². The second-order valence-electron chi connectivity index (χ2n) is 16.3. The molecule has 0 bridgehead atoms. The predicted octanol–water partition coefficient (Wildman–Crippen LogP) is 15.3. The molecule has 1 aliphatic rings. The summed E-state index contributed by atoms with van der Waals surface area (Å²) >= 11 is 0. The average Bonchev–Trinajstić information content (AvgIpc) is 3.71. The molecule has 0 aliphatic heterocycles. The molecule has 0 saturated heterocycles. The molecule has 63 heavy (non-hydrogen) atoms. The Kier molecular flexibility index (Phi) is 8.93. The van der Waals surface area contributed by atoms with E-state index >= 15 is 0 Å². The molecule has 11 aromatic rings. The number of rotatable bonds is 7. The van der Waals surface area contributed by atoms with E-state index in [1.807, 2.05) is 6.07 Å². The Morgan fingerprint density at radius 1 is 0.397 bits per heavy atom. The summed E-state index contributed by atoms with van der Waals surface area (Å²) in [5.41, 5.74) is 16.2. The fourth-order valence-electron chi connectivity index (χ4n) is 9.43. The van der Waals surface area contributed by atoms with Gasteiger partial charge in [-0.3, -0.25) is 0 Å². The number of nitrogens with zero attached hydrogens (tertiary/aromatic N) is 4. The van der Waals surface area contributed by atoms with Crippen LogP contribution in [0.3, 0.4) is 0 Å². The Labute approximate surface area is 365 Å². The molecule has 3 heterocycles. The lowest BCUT2D eigenvalue weighted by Gasteiger charge is -2.17. The van der Waals surface area contributed by atoms with Crippen LogP contribution in [0.2, 0.25) is 0 Å². The first-order valence-corrected chi connectivity index (χ1v) is 21.7. The third-order valence-electron chi connectivity index (χ3n) is 12.5. The van der Waals surface area contributed by atoms with Crippen molar-refractivity contribution in [2.75, 3.05) is 0 Å². The Morgan fingerprint density at radius 3 is 1.59 bits per heavy atom. The summed E-state index contributed by atoms with van der Waals surface area (Å²) in [5, 5.41) is 6.06. The van der Waals surface area contributed by atoms with E-state index in [0.29, 0.717) is 5.82 Å². The van der Waals surface area contributed by atoms with Crippen molar-refractivity contribution in [2.45, 2.75) is 12.8 Å². The van der Waals surface area contributed by atoms with E-state index in [-0.39, 0.29) is 0 Å². The molecule has 0 atom stereocenters. The number of fused-ring (bicyclic) bond motifs is 6. The molecular formula is C59H40N4. The average molecular weight is 805 g/mol. The molecular weight excluding hydrogens is 765 g/mol. The maximum atomic E-state index is 5.39. The van der Waals surface area contributed by atoms with Crippen LogP contribution in [0.4, 0.5) is 0 Å².